The predicted octanol–water partition coefficient (Wildman–Crippen LogP) is 5.96. The van der Waals surface area contributed by atoms with Gasteiger partial charge in [0.2, 0.25) is 0 Å². The molecule has 0 aliphatic heterocycles. The molecule has 0 saturated heterocycles. The number of aromatic nitrogens is 1. The number of para-hydroxylation sites is 1. The van der Waals surface area contributed by atoms with Gasteiger partial charge in [-0.2, -0.15) is 10.4 Å². The van der Waals surface area contributed by atoms with E-state index in [1.165, 1.54) is 23.6 Å². The number of furan rings is 1. The topological polar surface area (TPSA) is 144 Å². The number of hydrogen-bond acceptors (Lipinski definition) is 9. The molecule has 2 aromatic carbocycles. The number of amides is 1. The molecule has 0 radical (unpaired) electrons. The molecular weight excluding hydrogens is 506 g/mol. The molecule has 0 atom stereocenters. The Hall–Kier alpha value is -4.82. The fourth-order valence-corrected chi connectivity index (χ4v) is 4.43. The van der Waals surface area contributed by atoms with E-state index in [9.17, 15) is 20.2 Å². The normalized spacial score (nSPS) is 11.0. The maximum Gasteiger partial charge on any atom is 0.283 e. The molecule has 192 valence electrons. The summed E-state index contributed by atoms with van der Waals surface area (Å²) in [6, 6.07) is 16.8. The lowest BCUT2D eigenvalue weighted by Crippen LogP contribution is -2.17. The van der Waals surface area contributed by atoms with Crippen LogP contribution in [0.4, 0.5) is 5.69 Å². The van der Waals surface area contributed by atoms with Gasteiger partial charge in [-0.3, -0.25) is 14.9 Å². The maximum atomic E-state index is 12.7. The van der Waals surface area contributed by atoms with Gasteiger partial charge in [-0.05, 0) is 49.2 Å². The Morgan fingerprint density at radius 3 is 2.82 bits per heavy atom. The predicted molar refractivity (Wildman–Crippen MR) is 143 cm³/mol. The van der Waals surface area contributed by atoms with Crippen LogP contribution in [0.25, 0.3) is 21.9 Å². The van der Waals surface area contributed by atoms with Crippen molar-refractivity contribution in [3.8, 4) is 33.7 Å². The van der Waals surface area contributed by atoms with Crippen molar-refractivity contribution in [2.75, 3.05) is 6.61 Å². The number of nitrogens with zero attached hydrogens (tertiary/aromatic N) is 4. The minimum Gasteiger partial charge on any atom is -0.492 e. The van der Waals surface area contributed by atoms with Crippen molar-refractivity contribution < 1.29 is 18.9 Å². The quantitative estimate of drug-likeness (QED) is 0.160. The Bertz CT molecular complexity index is 1560. The second-order valence-corrected chi connectivity index (χ2v) is 9.64. The Morgan fingerprint density at radius 2 is 2.08 bits per heavy atom. The molecule has 4 rings (SSSR count). The summed E-state index contributed by atoms with van der Waals surface area (Å²) < 4.78 is 11.4. The highest BCUT2D eigenvalue weighted by molar-refractivity contribution is 7.17. The van der Waals surface area contributed by atoms with E-state index in [4.69, 9.17) is 9.15 Å². The third-order valence-electron chi connectivity index (χ3n) is 5.27. The summed E-state index contributed by atoms with van der Waals surface area (Å²) in [7, 11) is 0. The van der Waals surface area contributed by atoms with Gasteiger partial charge in [-0.1, -0.05) is 26.0 Å². The van der Waals surface area contributed by atoms with E-state index in [-0.39, 0.29) is 5.69 Å². The van der Waals surface area contributed by atoms with Crippen LogP contribution >= 0.6 is 11.3 Å². The number of nitro benzene ring substituents is 1. The van der Waals surface area contributed by atoms with Crippen LogP contribution in [0, 0.1) is 34.3 Å². The third kappa shape index (κ3) is 5.93. The minimum absolute atomic E-state index is 0.0743. The number of ether oxygens (including phenoxy) is 1. The molecule has 38 heavy (non-hydrogen) atoms. The summed E-state index contributed by atoms with van der Waals surface area (Å²) in [4.78, 5) is 28.4. The van der Waals surface area contributed by atoms with Gasteiger partial charge >= 0.3 is 0 Å². The van der Waals surface area contributed by atoms with Gasteiger partial charge in [0.15, 0.2) is 0 Å². The van der Waals surface area contributed by atoms with Crippen molar-refractivity contribution in [1.82, 2.24) is 10.4 Å². The van der Waals surface area contributed by atoms with E-state index in [0.29, 0.717) is 62.1 Å². The van der Waals surface area contributed by atoms with Gasteiger partial charge in [0.25, 0.3) is 11.6 Å². The van der Waals surface area contributed by atoms with E-state index in [0.717, 1.165) is 0 Å². The molecule has 0 spiro atoms. The molecular formula is C27H23N5O5S. The van der Waals surface area contributed by atoms with Crippen LogP contribution in [-0.2, 0) is 0 Å². The Labute approximate surface area is 222 Å². The molecule has 0 fully saturated rings. The highest BCUT2D eigenvalue weighted by Gasteiger charge is 2.18. The highest BCUT2D eigenvalue weighted by atomic mass is 32.1. The summed E-state index contributed by atoms with van der Waals surface area (Å²) in [6.07, 6.45) is 1.31. The molecule has 2 heterocycles. The minimum atomic E-state index is -0.479. The van der Waals surface area contributed by atoms with Gasteiger partial charge in [-0.25, -0.2) is 10.4 Å². The second kappa shape index (κ2) is 11.5. The van der Waals surface area contributed by atoms with Crippen molar-refractivity contribution in [1.29, 1.82) is 5.26 Å². The largest absolute Gasteiger partial charge is 0.492 e. The lowest BCUT2D eigenvalue weighted by molar-refractivity contribution is -0.384. The van der Waals surface area contributed by atoms with E-state index < -0.39 is 10.8 Å². The first-order valence-corrected chi connectivity index (χ1v) is 12.4. The molecule has 2 aromatic heterocycles. The first-order chi connectivity index (χ1) is 18.3. The average Bonchev–Trinajstić information content (AvgIpc) is 3.54. The van der Waals surface area contributed by atoms with Gasteiger partial charge in [-0.15, -0.1) is 11.3 Å². The lowest BCUT2D eigenvalue weighted by Gasteiger charge is -2.10. The highest BCUT2D eigenvalue weighted by Crippen LogP contribution is 2.32. The number of nitriles is 1. The van der Waals surface area contributed by atoms with Crippen LogP contribution in [0.1, 0.15) is 40.5 Å². The first-order valence-electron chi connectivity index (χ1n) is 11.6. The number of hydrogen-bond donors (Lipinski definition) is 1. The standard InChI is InChI=1S/C27H23N5O5S/c1-16(2)15-36-23-10-8-18(12-19(23)13-28)27-30-17(3)25(38-27)26(33)31-29-14-20-9-11-24(37-20)21-6-4-5-7-22(21)32(34)35/h4-12,14,16H,15H2,1-3H3,(H,31,33)/b29-14+. The monoisotopic (exact) mass is 529 g/mol. The molecule has 0 bridgehead atoms. The number of hydrazone groups is 1. The van der Waals surface area contributed by atoms with Crippen LogP contribution in [-0.4, -0.2) is 28.6 Å². The zero-order chi connectivity index (χ0) is 27.2. The Balaban J connectivity index is 1.46. The number of nitro groups is 1. The van der Waals surface area contributed by atoms with Crippen LogP contribution in [0.5, 0.6) is 5.75 Å². The van der Waals surface area contributed by atoms with Crippen molar-refractivity contribution in [2.24, 2.45) is 11.0 Å². The van der Waals surface area contributed by atoms with Gasteiger partial charge in [0.1, 0.15) is 33.2 Å². The van der Waals surface area contributed by atoms with Gasteiger partial charge in [0, 0.05) is 11.6 Å². The van der Waals surface area contributed by atoms with Gasteiger partial charge in [0.05, 0.1) is 34.6 Å². The fraction of sp³-hybridized carbons (Fsp3) is 0.185. The molecule has 11 heteroatoms. The van der Waals surface area contributed by atoms with Crippen LogP contribution in [0.2, 0.25) is 0 Å². The number of carbonyl (C=O) groups is 1. The second-order valence-electron chi connectivity index (χ2n) is 8.64. The lowest BCUT2D eigenvalue weighted by atomic mass is 10.1. The van der Waals surface area contributed by atoms with Crippen LogP contribution in [0.3, 0.4) is 0 Å². The van der Waals surface area contributed by atoms with E-state index >= 15 is 0 Å². The third-order valence-corrected chi connectivity index (χ3v) is 6.48. The summed E-state index contributed by atoms with van der Waals surface area (Å²) in [5, 5.41) is 25.3. The van der Waals surface area contributed by atoms with Crippen LogP contribution in [0.15, 0.2) is 64.1 Å². The number of carbonyl (C=O) groups excluding carboxylic acids is 1. The number of aryl methyl sites for hydroxylation is 1. The average molecular weight is 530 g/mol. The summed E-state index contributed by atoms with van der Waals surface area (Å²) in [5.74, 6) is 1.000. The summed E-state index contributed by atoms with van der Waals surface area (Å²) in [6.45, 7) is 6.27. The van der Waals surface area contributed by atoms with Gasteiger partial charge < -0.3 is 9.15 Å². The first kappa shape index (κ1) is 26.2. The Morgan fingerprint density at radius 1 is 1.29 bits per heavy atom. The number of nitrogens with one attached hydrogen (secondary N) is 1. The zero-order valence-corrected chi connectivity index (χ0v) is 21.6. The van der Waals surface area contributed by atoms with Crippen molar-refractivity contribution in [3.05, 3.63) is 86.6 Å². The van der Waals surface area contributed by atoms with E-state index in [1.807, 2.05) is 13.8 Å². The van der Waals surface area contributed by atoms with E-state index in [1.54, 1.807) is 55.5 Å². The van der Waals surface area contributed by atoms with Crippen molar-refractivity contribution in [2.45, 2.75) is 20.8 Å². The number of thiazole rings is 1. The number of benzene rings is 2. The fourth-order valence-electron chi connectivity index (χ4n) is 3.48. The smallest absolute Gasteiger partial charge is 0.283 e. The van der Waals surface area contributed by atoms with Crippen molar-refractivity contribution in [3.63, 3.8) is 0 Å². The van der Waals surface area contributed by atoms with E-state index in [2.05, 4.69) is 21.6 Å². The molecule has 0 saturated carbocycles. The molecule has 0 aliphatic carbocycles. The SMILES string of the molecule is Cc1nc(-c2ccc(OCC(C)C)c(C#N)c2)sc1C(=O)N/N=C/c1ccc(-c2ccccc2[N+](=O)[O-])o1. The molecule has 4 aromatic rings. The zero-order valence-electron chi connectivity index (χ0n) is 20.8. The molecule has 0 unspecified atom stereocenters. The summed E-state index contributed by atoms with van der Waals surface area (Å²) in [5.41, 5.74) is 4.33. The maximum absolute atomic E-state index is 12.7. The molecule has 1 N–H and O–H groups in total. The van der Waals surface area contributed by atoms with Crippen LogP contribution < -0.4 is 10.2 Å². The molecule has 0 aliphatic rings. The summed E-state index contributed by atoms with van der Waals surface area (Å²) >= 11 is 1.18. The molecule has 1 amide bonds. The molecule has 10 nitrogen and oxygen atoms in total. The Kier molecular flexibility index (Phi) is 7.94. The van der Waals surface area contributed by atoms with Crippen molar-refractivity contribution >= 4 is 29.1 Å². The number of rotatable bonds is 9.